The molecule has 3 heterocycles. The fourth-order valence-corrected chi connectivity index (χ4v) is 3.08. The predicted molar refractivity (Wildman–Crippen MR) is 98.6 cm³/mol. The van der Waals surface area contributed by atoms with Gasteiger partial charge >= 0.3 is 0 Å². The minimum absolute atomic E-state index is 0. The molecule has 6 nitrogen and oxygen atoms in total. The molecule has 0 aliphatic carbocycles. The molecule has 2 unspecified atom stereocenters. The van der Waals surface area contributed by atoms with E-state index in [0.29, 0.717) is 18.0 Å². The van der Waals surface area contributed by atoms with Crippen molar-refractivity contribution in [3.8, 4) is 0 Å². The lowest BCUT2D eigenvalue weighted by Gasteiger charge is -2.31. The van der Waals surface area contributed by atoms with Crippen LogP contribution in [0.2, 0.25) is 0 Å². The zero-order valence-corrected chi connectivity index (χ0v) is 14.0. The summed E-state index contributed by atoms with van der Waals surface area (Å²) in [6.45, 7) is 1.00. The van der Waals surface area contributed by atoms with Gasteiger partial charge in [0.05, 0.1) is 17.2 Å². The Kier molecular flexibility index (Phi) is 6.14. The van der Waals surface area contributed by atoms with Crippen molar-refractivity contribution in [2.75, 3.05) is 11.9 Å². The van der Waals surface area contributed by atoms with E-state index in [4.69, 9.17) is 0 Å². The van der Waals surface area contributed by atoms with E-state index in [1.807, 2.05) is 18.5 Å². The third kappa shape index (κ3) is 3.84. The van der Waals surface area contributed by atoms with Gasteiger partial charge in [-0.3, -0.25) is 0 Å². The van der Waals surface area contributed by atoms with E-state index in [1.165, 1.54) is 5.56 Å². The lowest BCUT2D eigenvalue weighted by molar-refractivity contribution is 0.383. The minimum atomic E-state index is 0. The Morgan fingerprint density at radius 2 is 1.96 bits per heavy atom. The topological polar surface area (TPSA) is 97.1 Å². The number of piperidine rings is 1. The highest BCUT2D eigenvalue weighted by molar-refractivity contribution is 5.85. The summed E-state index contributed by atoms with van der Waals surface area (Å²) in [5.41, 5.74) is 3.26. The van der Waals surface area contributed by atoms with Crippen molar-refractivity contribution in [2.45, 2.75) is 24.9 Å². The molecule has 0 bridgehead atoms. The first kappa shape index (κ1) is 18.2. The number of aromatic amines is 1. The van der Waals surface area contributed by atoms with E-state index < -0.39 is 0 Å². The number of hydrogen-bond donors (Lipinski definition) is 3. The van der Waals surface area contributed by atoms with Crippen molar-refractivity contribution < 1.29 is 5.48 Å². The van der Waals surface area contributed by atoms with Gasteiger partial charge in [-0.15, -0.1) is 12.4 Å². The van der Waals surface area contributed by atoms with Gasteiger partial charge in [0.15, 0.2) is 0 Å². The van der Waals surface area contributed by atoms with Crippen LogP contribution in [0.4, 0.5) is 5.95 Å². The zero-order chi connectivity index (χ0) is 14.8. The van der Waals surface area contributed by atoms with Gasteiger partial charge in [-0.05, 0) is 31.0 Å². The Labute approximate surface area is 146 Å². The summed E-state index contributed by atoms with van der Waals surface area (Å²) in [6.07, 6.45) is 5.84. The summed E-state index contributed by atoms with van der Waals surface area (Å²) < 4.78 is 0. The molecule has 2 aromatic heterocycles. The van der Waals surface area contributed by atoms with Crippen molar-refractivity contribution >= 4 is 29.4 Å². The van der Waals surface area contributed by atoms with Crippen molar-refractivity contribution in [2.24, 2.45) is 0 Å². The number of nitrogens with zero attached hydrogens (tertiary/aromatic N) is 2. The highest BCUT2D eigenvalue weighted by atomic mass is 35.5. The largest absolute Gasteiger partial charge is 0.412 e. The number of aromatic nitrogens is 3. The quantitative estimate of drug-likeness (QED) is 0.678. The molecule has 1 fully saturated rings. The molecule has 1 saturated heterocycles. The van der Waals surface area contributed by atoms with Crippen molar-refractivity contribution in [3.05, 3.63) is 54.4 Å². The van der Waals surface area contributed by atoms with Crippen molar-refractivity contribution in [1.29, 1.82) is 0 Å². The molecule has 128 valence electrons. The predicted octanol–water partition coefficient (Wildman–Crippen LogP) is 2.46. The van der Waals surface area contributed by atoms with E-state index in [9.17, 15) is 0 Å². The first-order valence-electron chi connectivity index (χ1n) is 7.73. The van der Waals surface area contributed by atoms with Gasteiger partial charge in [0.1, 0.15) is 0 Å². The fraction of sp³-hybridized carbons (Fsp3) is 0.294. The van der Waals surface area contributed by atoms with Crippen LogP contribution >= 0.6 is 12.4 Å². The molecule has 0 saturated carbocycles. The Hall–Kier alpha value is -2.15. The Balaban J connectivity index is 0.00000104. The Morgan fingerprint density at radius 3 is 2.79 bits per heavy atom. The van der Waals surface area contributed by atoms with Crippen LogP contribution in [0.15, 0.2) is 48.8 Å². The SMILES string of the molecule is Cl.O.c1ccc(C2CC(Nc3ncc4[nH]ccc4n3)CCN2)cc1. The monoisotopic (exact) mass is 347 g/mol. The first-order chi connectivity index (χ1) is 10.9. The lowest BCUT2D eigenvalue weighted by Crippen LogP contribution is -2.38. The van der Waals surface area contributed by atoms with Crippen LogP contribution in [-0.4, -0.2) is 33.0 Å². The number of H-pyrrole nitrogens is 1. The van der Waals surface area contributed by atoms with E-state index >= 15 is 0 Å². The maximum atomic E-state index is 4.55. The van der Waals surface area contributed by atoms with Crippen LogP contribution in [0.5, 0.6) is 0 Å². The molecule has 1 aliphatic heterocycles. The van der Waals surface area contributed by atoms with Crippen LogP contribution in [0.3, 0.4) is 0 Å². The second kappa shape index (κ2) is 8.10. The molecular weight excluding hydrogens is 326 g/mol. The summed E-state index contributed by atoms with van der Waals surface area (Å²) >= 11 is 0. The molecule has 5 N–H and O–H groups in total. The molecule has 24 heavy (non-hydrogen) atoms. The molecule has 3 aromatic rings. The van der Waals surface area contributed by atoms with Crippen LogP contribution in [0.1, 0.15) is 24.4 Å². The molecule has 1 aliphatic rings. The lowest BCUT2D eigenvalue weighted by atomic mass is 9.94. The first-order valence-corrected chi connectivity index (χ1v) is 7.73. The second-order valence-corrected chi connectivity index (χ2v) is 5.75. The van der Waals surface area contributed by atoms with Gasteiger partial charge in [-0.2, -0.15) is 0 Å². The summed E-state index contributed by atoms with van der Waals surface area (Å²) in [6, 6.07) is 13.4. The highest BCUT2D eigenvalue weighted by Crippen LogP contribution is 2.24. The summed E-state index contributed by atoms with van der Waals surface area (Å²) in [7, 11) is 0. The number of hydrogen-bond acceptors (Lipinski definition) is 4. The van der Waals surface area contributed by atoms with Gasteiger partial charge in [-0.1, -0.05) is 30.3 Å². The number of rotatable bonds is 3. The molecule has 0 amide bonds. The minimum Gasteiger partial charge on any atom is -0.412 e. The second-order valence-electron chi connectivity index (χ2n) is 5.75. The third-order valence-corrected chi connectivity index (χ3v) is 4.24. The number of nitrogens with one attached hydrogen (secondary N) is 3. The third-order valence-electron chi connectivity index (χ3n) is 4.24. The fourth-order valence-electron chi connectivity index (χ4n) is 3.08. The maximum absolute atomic E-state index is 4.55. The van der Waals surface area contributed by atoms with Gasteiger partial charge in [0.2, 0.25) is 5.95 Å². The van der Waals surface area contributed by atoms with Crippen LogP contribution < -0.4 is 10.6 Å². The number of fused-ring (bicyclic) bond motifs is 1. The normalized spacial score (nSPS) is 20.0. The smallest absolute Gasteiger partial charge is 0.223 e. The highest BCUT2D eigenvalue weighted by Gasteiger charge is 2.23. The van der Waals surface area contributed by atoms with Gasteiger partial charge in [0, 0.05) is 18.3 Å². The van der Waals surface area contributed by atoms with Gasteiger partial charge in [0.25, 0.3) is 0 Å². The summed E-state index contributed by atoms with van der Waals surface area (Å²) in [5.74, 6) is 0.714. The maximum Gasteiger partial charge on any atom is 0.223 e. The van der Waals surface area contributed by atoms with E-state index in [1.54, 1.807) is 0 Å². The van der Waals surface area contributed by atoms with E-state index in [2.05, 4.69) is 55.9 Å². The van der Waals surface area contributed by atoms with Crippen LogP contribution in [0, 0.1) is 0 Å². The average Bonchev–Trinajstić information content (AvgIpc) is 3.04. The zero-order valence-electron chi connectivity index (χ0n) is 13.2. The molecule has 0 radical (unpaired) electrons. The number of benzene rings is 1. The van der Waals surface area contributed by atoms with Crippen molar-refractivity contribution in [1.82, 2.24) is 20.3 Å². The van der Waals surface area contributed by atoms with Crippen LogP contribution in [0.25, 0.3) is 11.0 Å². The molecule has 1 aromatic carbocycles. The summed E-state index contributed by atoms with van der Waals surface area (Å²) in [5, 5.41) is 7.08. The van der Waals surface area contributed by atoms with E-state index in [-0.39, 0.29) is 17.9 Å². The molecular formula is C17H22ClN5O. The average molecular weight is 348 g/mol. The summed E-state index contributed by atoms with van der Waals surface area (Å²) in [4.78, 5) is 12.1. The standard InChI is InChI=1S/C17H19N5.ClH.H2O/c1-2-4-12(5-3-1)15-10-13(6-8-18-15)21-17-20-11-16-14(22-17)7-9-19-16;;/h1-5,7,9,11,13,15,18-19H,6,8,10H2,(H,20,21,22);1H;1H2. The Bertz CT molecular complexity index is 764. The van der Waals surface area contributed by atoms with E-state index in [0.717, 1.165) is 30.4 Å². The molecule has 0 spiro atoms. The van der Waals surface area contributed by atoms with Gasteiger partial charge < -0.3 is 21.1 Å². The van der Waals surface area contributed by atoms with Crippen LogP contribution in [-0.2, 0) is 0 Å². The Morgan fingerprint density at radius 1 is 1.12 bits per heavy atom. The molecule has 7 heteroatoms. The molecule has 4 rings (SSSR count). The number of anilines is 1. The van der Waals surface area contributed by atoms with Crippen molar-refractivity contribution in [3.63, 3.8) is 0 Å². The number of halogens is 1. The molecule has 2 atom stereocenters. The van der Waals surface area contributed by atoms with Gasteiger partial charge in [-0.25, -0.2) is 9.97 Å².